The van der Waals surface area contributed by atoms with E-state index in [1.165, 1.54) is 0 Å². The fourth-order valence-corrected chi connectivity index (χ4v) is 2.17. The van der Waals surface area contributed by atoms with Crippen molar-refractivity contribution in [2.24, 2.45) is 11.3 Å². The van der Waals surface area contributed by atoms with Crippen LogP contribution in [0.25, 0.3) is 5.32 Å². The Hall–Kier alpha value is -0.390. The monoisotopic (exact) mass is 248 g/mol. The van der Waals surface area contributed by atoms with Crippen molar-refractivity contribution in [3.63, 3.8) is 0 Å². The van der Waals surface area contributed by atoms with Gasteiger partial charge >= 0.3 is 29.6 Å². The molecule has 0 radical (unpaired) electrons. The van der Waals surface area contributed by atoms with Crippen LogP contribution >= 0.6 is 0 Å². The van der Waals surface area contributed by atoms with Gasteiger partial charge in [-0.05, 0) is 12.3 Å². The molecule has 1 heterocycles. The van der Waals surface area contributed by atoms with E-state index in [1.807, 2.05) is 20.8 Å². The fourth-order valence-electron chi connectivity index (χ4n) is 2.17. The molecule has 0 aliphatic carbocycles. The van der Waals surface area contributed by atoms with E-state index < -0.39 is 23.3 Å². The minimum atomic E-state index is -1.14. The van der Waals surface area contributed by atoms with Crippen molar-refractivity contribution in [1.29, 1.82) is 0 Å². The second-order valence-corrected chi connectivity index (χ2v) is 4.21. The number of urea groups is 1. The number of nitrogens with zero attached hydrogens (tertiary/aromatic N) is 1. The molecule has 2 unspecified atom stereocenters. The van der Waals surface area contributed by atoms with Crippen molar-refractivity contribution in [2.45, 2.75) is 40.0 Å². The molecule has 1 aliphatic heterocycles. The number of hydrogen-bond donors (Lipinski definition) is 1. The zero-order chi connectivity index (χ0) is 12.3. The Morgan fingerprint density at radius 2 is 1.88 bits per heavy atom. The van der Waals surface area contributed by atoms with Crippen LogP contribution in [0.2, 0.25) is 0 Å². The molecule has 1 fully saturated rings. The number of nitrogens with one attached hydrogen (secondary N) is 1. The molecule has 6 heteroatoms. The first-order valence-electron chi connectivity index (χ1n) is 5.60. The van der Waals surface area contributed by atoms with Crippen molar-refractivity contribution in [3.05, 3.63) is 5.32 Å². The van der Waals surface area contributed by atoms with Gasteiger partial charge in [0.2, 0.25) is 0 Å². The fraction of sp³-hybridized carbons (Fsp3) is 0.727. The Morgan fingerprint density at radius 1 is 1.29 bits per heavy atom. The minimum Gasteiger partial charge on any atom is -0.394 e. The predicted octanol–water partition coefficient (Wildman–Crippen LogP) is -1.03. The summed E-state index contributed by atoms with van der Waals surface area (Å²) < 4.78 is 0. The predicted molar refractivity (Wildman–Crippen MR) is 58.7 cm³/mol. The molecule has 0 spiro atoms. The second kappa shape index (κ2) is 6.52. The van der Waals surface area contributed by atoms with E-state index in [9.17, 15) is 14.4 Å². The normalized spacial score (nSPS) is 25.7. The molecule has 0 aromatic heterocycles. The van der Waals surface area contributed by atoms with E-state index in [0.29, 0.717) is 19.3 Å². The molecule has 17 heavy (non-hydrogen) atoms. The average molecular weight is 248 g/mol. The summed E-state index contributed by atoms with van der Waals surface area (Å²) in [4.78, 5) is 34.8. The average Bonchev–Trinajstić information content (AvgIpc) is 2.22. The number of barbiturate groups is 1. The van der Waals surface area contributed by atoms with E-state index in [4.69, 9.17) is 0 Å². The van der Waals surface area contributed by atoms with E-state index in [0.717, 1.165) is 0 Å². The molecule has 90 valence electrons. The van der Waals surface area contributed by atoms with Gasteiger partial charge in [-0.3, -0.25) is 14.4 Å². The van der Waals surface area contributed by atoms with E-state index in [2.05, 4.69) is 10.6 Å². The van der Waals surface area contributed by atoms with Crippen molar-refractivity contribution in [1.82, 2.24) is 5.32 Å². The summed E-state index contributed by atoms with van der Waals surface area (Å²) in [6.07, 6.45) is 1.83. The van der Waals surface area contributed by atoms with Crippen molar-refractivity contribution < 1.29 is 43.9 Å². The van der Waals surface area contributed by atoms with Crippen LogP contribution in [0.3, 0.4) is 0 Å². The number of imide groups is 2. The van der Waals surface area contributed by atoms with Gasteiger partial charge in [-0.2, -0.15) is 0 Å². The summed E-state index contributed by atoms with van der Waals surface area (Å²) in [5, 5.41) is 5.50. The zero-order valence-electron chi connectivity index (χ0n) is 10.9. The third-order valence-corrected chi connectivity index (χ3v) is 3.31. The second-order valence-electron chi connectivity index (χ2n) is 4.21. The van der Waals surface area contributed by atoms with Gasteiger partial charge in [0.1, 0.15) is 0 Å². The Kier molecular flexibility index (Phi) is 6.37. The van der Waals surface area contributed by atoms with Crippen LogP contribution in [0.15, 0.2) is 0 Å². The van der Waals surface area contributed by atoms with Gasteiger partial charge in [0.05, 0.1) is 5.41 Å². The number of rotatable bonds is 4. The van der Waals surface area contributed by atoms with Crippen LogP contribution < -0.4 is 34.9 Å². The summed E-state index contributed by atoms with van der Waals surface area (Å²) in [5.41, 5.74) is -1.14. The van der Waals surface area contributed by atoms with E-state index >= 15 is 0 Å². The van der Waals surface area contributed by atoms with Crippen LogP contribution in [0.5, 0.6) is 0 Å². The Balaban J connectivity index is 0.00000256. The molecule has 0 bridgehead atoms. The smallest absolute Gasteiger partial charge is 0.394 e. The summed E-state index contributed by atoms with van der Waals surface area (Å²) in [5.74, 6) is -1.19. The van der Waals surface area contributed by atoms with E-state index in [1.54, 1.807) is 0 Å². The van der Waals surface area contributed by atoms with Crippen LogP contribution in [-0.2, 0) is 9.59 Å². The molecule has 0 saturated carbocycles. The summed E-state index contributed by atoms with van der Waals surface area (Å²) in [6.45, 7) is 5.67. The van der Waals surface area contributed by atoms with Crippen molar-refractivity contribution in [3.8, 4) is 0 Å². The molecular weight excluding hydrogens is 231 g/mol. The number of hydrogen-bond acceptors (Lipinski definition) is 3. The van der Waals surface area contributed by atoms with Gasteiger partial charge in [0, 0.05) is 0 Å². The summed E-state index contributed by atoms with van der Waals surface area (Å²) in [6, 6.07) is -0.843. The Bertz CT molecular complexity index is 311. The SMILES string of the molecule is CCCC1(C(C)CC)C(=O)[N-]C(=O)NC1=O.[Na+]. The molecule has 0 aromatic carbocycles. The van der Waals surface area contributed by atoms with Crippen LogP contribution in [-0.4, -0.2) is 17.8 Å². The largest absolute Gasteiger partial charge is 1.00 e. The molecular formula is C11H17N2NaO3. The summed E-state index contributed by atoms with van der Waals surface area (Å²) in [7, 11) is 0. The van der Waals surface area contributed by atoms with Crippen LogP contribution in [0.1, 0.15) is 40.0 Å². The molecule has 1 aliphatic rings. The molecule has 2 atom stereocenters. The maximum absolute atomic E-state index is 11.9. The third kappa shape index (κ3) is 2.89. The zero-order valence-corrected chi connectivity index (χ0v) is 12.9. The summed E-state index contributed by atoms with van der Waals surface area (Å²) >= 11 is 0. The quantitative estimate of drug-likeness (QED) is 0.510. The molecule has 5 nitrogen and oxygen atoms in total. The molecule has 1 saturated heterocycles. The van der Waals surface area contributed by atoms with Crippen molar-refractivity contribution >= 4 is 17.8 Å². The van der Waals surface area contributed by atoms with Gasteiger partial charge < -0.3 is 10.6 Å². The minimum absolute atomic E-state index is 0. The topological polar surface area (TPSA) is 77.3 Å². The van der Waals surface area contributed by atoms with Gasteiger partial charge in [-0.1, -0.05) is 33.6 Å². The first kappa shape index (κ1) is 16.6. The van der Waals surface area contributed by atoms with Crippen LogP contribution in [0, 0.1) is 11.3 Å². The number of carbonyl (C=O) groups is 3. The van der Waals surface area contributed by atoms with Crippen molar-refractivity contribution in [2.75, 3.05) is 0 Å². The van der Waals surface area contributed by atoms with Gasteiger partial charge in [-0.25, -0.2) is 0 Å². The van der Waals surface area contributed by atoms with Gasteiger partial charge in [-0.15, -0.1) is 0 Å². The maximum Gasteiger partial charge on any atom is 1.00 e. The Labute approximate surface area is 123 Å². The first-order chi connectivity index (χ1) is 7.48. The van der Waals surface area contributed by atoms with Gasteiger partial charge in [0.25, 0.3) is 0 Å². The number of carbonyl (C=O) groups excluding carboxylic acids is 3. The maximum atomic E-state index is 11.9. The standard InChI is InChI=1S/C11H18N2O3.Na/c1-4-6-11(7(3)5-2)8(14)12-10(16)13-9(11)15;/h7H,4-6H2,1-3H3,(H2,12,13,14,15,16);/q;+1/p-1. The molecule has 1 N–H and O–H groups in total. The Morgan fingerprint density at radius 3 is 2.29 bits per heavy atom. The first-order valence-corrected chi connectivity index (χ1v) is 5.60. The third-order valence-electron chi connectivity index (χ3n) is 3.31. The van der Waals surface area contributed by atoms with Crippen LogP contribution in [0.4, 0.5) is 4.79 Å². The molecule has 1 rings (SSSR count). The van der Waals surface area contributed by atoms with Gasteiger partial charge in [0.15, 0.2) is 17.8 Å². The molecule has 4 amide bonds. The number of amides is 4. The van der Waals surface area contributed by atoms with E-state index in [-0.39, 0.29) is 35.5 Å². The molecule has 0 aromatic rings.